The molecular formula is C11H18ClN5OS. The third-order valence-corrected chi connectivity index (χ3v) is 4.12. The van der Waals surface area contributed by atoms with Gasteiger partial charge >= 0.3 is 0 Å². The van der Waals surface area contributed by atoms with Gasteiger partial charge in [-0.15, -0.1) is 10.2 Å². The van der Waals surface area contributed by atoms with Gasteiger partial charge in [-0.05, 0) is 31.0 Å². The molecular weight excluding hydrogens is 286 g/mol. The van der Waals surface area contributed by atoms with Crippen molar-refractivity contribution in [2.75, 3.05) is 26.2 Å². The van der Waals surface area contributed by atoms with Crippen LogP contribution in [0.5, 0.6) is 0 Å². The lowest BCUT2D eigenvalue weighted by Gasteiger charge is -2.31. The molecule has 0 aromatic carbocycles. The van der Waals surface area contributed by atoms with E-state index < -0.39 is 0 Å². The fourth-order valence-corrected chi connectivity index (χ4v) is 3.15. The summed E-state index contributed by atoms with van der Waals surface area (Å²) in [6.45, 7) is 3.48. The van der Waals surface area contributed by atoms with Gasteiger partial charge in [0.2, 0.25) is 10.4 Å². The summed E-state index contributed by atoms with van der Waals surface area (Å²) >= 11 is 7.15. The number of nitrogens with zero attached hydrogens (tertiary/aromatic N) is 3. The normalized spacial score (nSPS) is 20.4. The molecule has 0 saturated carbocycles. The van der Waals surface area contributed by atoms with Crippen LogP contribution in [0.25, 0.3) is 0 Å². The largest absolute Gasteiger partial charge is 0.355 e. The smallest absolute Gasteiger partial charge is 0.224 e. The number of rotatable bonds is 5. The average molecular weight is 304 g/mol. The minimum absolute atomic E-state index is 0.0451. The van der Waals surface area contributed by atoms with Gasteiger partial charge in [0.25, 0.3) is 0 Å². The van der Waals surface area contributed by atoms with E-state index in [9.17, 15) is 4.79 Å². The molecule has 0 aliphatic carbocycles. The first-order valence-corrected chi connectivity index (χ1v) is 7.56. The standard InChI is InChI=1S/C11H18ClN5OS/c12-11-16-15-9(19-11)7-17-5-1-2-8(6-17)10(18)14-4-3-13/h8H,1-7,13H2,(H,14,18). The molecule has 1 aliphatic heterocycles. The fourth-order valence-electron chi connectivity index (χ4n) is 2.24. The Morgan fingerprint density at radius 2 is 2.42 bits per heavy atom. The van der Waals surface area contributed by atoms with Gasteiger partial charge in [0.05, 0.1) is 12.5 Å². The van der Waals surface area contributed by atoms with Crippen LogP contribution in [-0.4, -0.2) is 47.2 Å². The number of piperidine rings is 1. The summed E-state index contributed by atoms with van der Waals surface area (Å²) in [4.78, 5) is 14.1. The first-order valence-electron chi connectivity index (χ1n) is 6.37. The minimum Gasteiger partial charge on any atom is -0.355 e. The highest BCUT2D eigenvalue weighted by Gasteiger charge is 2.26. The van der Waals surface area contributed by atoms with E-state index in [0.717, 1.165) is 30.9 Å². The van der Waals surface area contributed by atoms with E-state index in [2.05, 4.69) is 20.4 Å². The molecule has 1 amide bonds. The molecule has 3 N–H and O–H groups in total. The fraction of sp³-hybridized carbons (Fsp3) is 0.727. The summed E-state index contributed by atoms with van der Waals surface area (Å²) in [5, 5.41) is 11.5. The van der Waals surface area contributed by atoms with E-state index in [1.165, 1.54) is 11.3 Å². The van der Waals surface area contributed by atoms with E-state index in [0.29, 0.717) is 24.1 Å². The van der Waals surface area contributed by atoms with Crippen LogP contribution in [-0.2, 0) is 11.3 Å². The van der Waals surface area contributed by atoms with Crippen molar-refractivity contribution in [3.63, 3.8) is 0 Å². The maximum absolute atomic E-state index is 11.9. The van der Waals surface area contributed by atoms with Crippen molar-refractivity contribution >= 4 is 28.8 Å². The summed E-state index contributed by atoms with van der Waals surface area (Å²) in [6.07, 6.45) is 1.96. The van der Waals surface area contributed by atoms with Crippen LogP contribution >= 0.6 is 22.9 Å². The second-order valence-corrected chi connectivity index (χ2v) is 6.25. The minimum atomic E-state index is 0.0451. The molecule has 0 bridgehead atoms. The number of amides is 1. The lowest BCUT2D eigenvalue weighted by molar-refractivity contribution is -0.126. The van der Waals surface area contributed by atoms with Crippen molar-refractivity contribution in [1.29, 1.82) is 0 Å². The molecule has 2 rings (SSSR count). The number of hydrogen-bond donors (Lipinski definition) is 2. The first kappa shape index (κ1) is 14.6. The van der Waals surface area contributed by atoms with Crippen molar-refractivity contribution in [1.82, 2.24) is 20.4 Å². The second-order valence-electron chi connectivity index (χ2n) is 4.60. The highest BCUT2D eigenvalue weighted by atomic mass is 35.5. The van der Waals surface area contributed by atoms with Crippen LogP contribution in [0.4, 0.5) is 0 Å². The summed E-state index contributed by atoms with van der Waals surface area (Å²) in [5.41, 5.74) is 5.39. The van der Waals surface area contributed by atoms with E-state index >= 15 is 0 Å². The number of carbonyl (C=O) groups is 1. The van der Waals surface area contributed by atoms with Gasteiger partial charge in [-0.2, -0.15) is 0 Å². The number of likely N-dealkylation sites (tertiary alicyclic amines) is 1. The summed E-state index contributed by atoms with van der Waals surface area (Å²) in [6, 6.07) is 0. The summed E-state index contributed by atoms with van der Waals surface area (Å²) in [7, 11) is 0. The van der Waals surface area contributed by atoms with Gasteiger partial charge in [-0.25, -0.2) is 0 Å². The highest BCUT2D eigenvalue weighted by molar-refractivity contribution is 7.15. The Kier molecular flexibility index (Phi) is 5.50. The maximum atomic E-state index is 11.9. The molecule has 0 spiro atoms. The van der Waals surface area contributed by atoms with E-state index in [-0.39, 0.29) is 11.8 Å². The van der Waals surface area contributed by atoms with E-state index in [1.807, 2.05) is 0 Å². The number of aromatic nitrogens is 2. The predicted molar refractivity (Wildman–Crippen MR) is 75.0 cm³/mol. The molecule has 2 heterocycles. The van der Waals surface area contributed by atoms with Gasteiger partial charge in [-0.3, -0.25) is 9.69 Å². The maximum Gasteiger partial charge on any atom is 0.224 e. The molecule has 6 nitrogen and oxygen atoms in total. The number of nitrogens with two attached hydrogens (primary N) is 1. The zero-order valence-electron chi connectivity index (χ0n) is 10.6. The van der Waals surface area contributed by atoms with Crippen LogP contribution in [0.3, 0.4) is 0 Å². The van der Waals surface area contributed by atoms with Crippen LogP contribution in [0.15, 0.2) is 0 Å². The molecule has 1 unspecified atom stereocenters. The average Bonchev–Trinajstić information content (AvgIpc) is 2.81. The number of nitrogens with one attached hydrogen (secondary N) is 1. The van der Waals surface area contributed by atoms with Gasteiger partial charge in [0.1, 0.15) is 5.01 Å². The Balaban J connectivity index is 1.84. The molecule has 1 aromatic rings. The Morgan fingerprint density at radius 1 is 1.58 bits per heavy atom. The number of hydrogen-bond acceptors (Lipinski definition) is 6. The highest BCUT2D eigenvalue weighted by Crippen LogP contribution is 2.21. The zero-order chi connectivity index (χ0) is 13.7. The van der Waals surface area contributed by atoms with Crippen molar-refractivity contribution in [3.05, 3.63) is 9.47 Å². The molecule has 19 heavy (non-hydrogen) atoms. The molecule has 0 radical (unpaired) electrons. The third-order valence-electron chi connectivity index (χ3n) is 3.12. The SMILES string of the molecule is NCCNC(=O)C1CCCN(Cc2nnc(Cl)s2)C1. The van der Waals surface area contributed by atoms with Crippen LogP contribution < -0.4 is 11.1 Å². The Labute approximate surface area is 121 Å². The Hall–Kier alpha value is -0.760. The number of carbonyl (C=O) groups excluding carboxylic acids is 1. The monoisotopic (exact) mass is 303 g/mol. The van der Waals surface area contributed by atoms with E-state index in [1.54, 1.807) is 0 Å². The van der Waals surface area contributed by atoms with Crippen molar-refractivity contribution in [2.45, 2.75) is 19.4 Å². The van der Waals surface area contributed by atoms with Crippen LogP contribution in [0.1, 0.15) is 17.8 Å². The molecule has 106 valence electrons. The molecule has 1 saturated heterocycles. The second kappa shape index (κ2) is 7.14. The molecule has 1 atom stereocenters. The van der Waals surface area contributed by atoms with Gasteiger partial charge in [-0.1, -0.05) is 11.3 Å². The zero-order valence-corrected chi connectivity index (χ0v) is 12.2. The molecule has 1 fully saturated rings. The Bertz CT molecular complexity index is 427. The van der Waals surface area contributed by atoms with Crippen molar-refractivity contribution in [2.24, 2.45) is 11.7 Å². The summed E-state index contributed by atoms with van der Waals surface area (Å²) < 4.78 is 0.462. The van der Waals surface area contributed by atoms with Gasteiger partial charge < -0.3 is 11.1 Å². The predicted octanol–water partition coefficient (Wildman–Crippen LogP) is 0.478. The molecule has 1 aromatic heterocycles. The third kappa shape index (κ3) is 4.38. The quantitative estimate of drug-likeness (QED) is 0.826. The van der Waals surface area contributed by atoms with Crippen molar-refractivity contribution < 1.29 is 4.79 Å². The molecule has 1 aliphatic rings. The topological polar surface area (TPSA) is 84.1 Å². The van der Waals surface area contributed by atoms with Gasteiger partial charge in [0.15, 0.2) is 0 Å². The van der Waals surface area contributed by atoms with Crippen LogP contribution in [0.2, 0.25) is 4.47 Å². The molecule has 8 heteroatoms. The van der Waals surface area contributed by atoms with Crippen LogP contribution in [0, 0.1) is 5.92 Å². The lowest BCUT2D eigenvalue weighted by Crippen LogP contribution is -2.43. The summed E-state index contributed by atoms with van der Waals surface area (Å²) in [5.74, 6) is 0.147. The number of halogens is 1. The van der Waals surface area contributed by atoms with Crippen molar-refractivity contribution in [3.8, 4) is 0 Å². The first-order chi connectivity index (χ1) is 9.19. The van der Waals surface area contributed by atoms with E-state index in [4.69, 9.17) is 17.3 Å². The van der Waals surface area contributed by atoms with Gasteiger partial charge in [0, 0.05) is 19.6 Å². The Morgan fingerprint density at radius 3 is 3.11 bits per heavy atom. The lowest BCUT2D eigenvalue weighted by atomic mass is 9.97.